The van der Waals surface area contributed by atoms with Gasteiger partial charge >= 0.3 is 0 Å². The maximum Gasteiger partial charge on any atom is 0.252 e. The first-order valence-corrected chi connectivity index (χ1v) is 19.2. The molecule has 1 fully saturated rings. The van der Waals surface area contributed by atoms with E-state index in [0.717, 1.165) is 11.2 Å². The molecule has 10 rings (SSSR count). The summed E-state index contributed by atoms with van der Waals surface area (Å²) in [4.78, 5) is 5.42. The Hall–Kier alpha value is -4.44. The average molecular weight is 669 g/mol. The number of nitrogens with zero attached hydrogens (tertiary/aromatic N) is 2. The Morgan fingerprint density at radius 2 is 1.37 bits per heavy atom. The lowest BCUT2D eigenvalue weighted by atomic mass is 9.33. The van der Waals surface area contributed by atoms with Gasteiger partial charge in [-0.05, 0) is 119 Å². The summed E-state index contributed by atoms with van der Waals surface area (Å²) in [5.74, 6) is 0. The lowest BCUT2D eigenvalue weighted by Crippen LogP contribution is -2.64. The zero-order chi connectivity index (χ0) is 35.4. The predicted octanol–water partition coefficient (Wildman–Crippen LogP) is 10.8. The summed E-state index contributed by atoms with van der Waals surface area (Å²) in [5, 5.41) is 2.35. The van der Waals surface area contributed by atoms with Crippen LogP contribution in [0.25, 0.3) is 21.9 Å². The van der Waals surface area contributed by atoms with Crippen molar-refractivity contribution in [3.63, 3.8) is 0 Å². The van der Waals surface area contributed by atoms with Crippen LogP contribution in [-0.4, -0.2) is 12.3 Å². The van der Waals surface area contributed by atoms with E-state index in [1.807, 2.05) is 0 Å². The number of para-hydroxylation sites is 1. The van der Waals surface area contributed by atoms with Crippen LogP contribution in [0, 0.1) is 6.92 Å². The van der Waals surface area contributed by atoms with E-state index in [2.05, 4.69) is 157 Å². The Bertz CT molecular complexity index is 2460. The first-order valence-electron chi connectivity index (χ1n) is 19.2. The van der Waals surface area contributed by atoms with Gasteiger partial charge in [-0.2, -0.15) is 0 Å². The van der Waals surface area contributed by atoms with Crippen LogP contribution in [-0.2, 0) is 16.2 Å². The molecule has 256 valence electrons. The summed E-state index contributed by atoms with van der Waals surface area (Å²) in [6, 6.07) is 32.9. The molecule has 6 aromatic rings. The number of anilines is 5. The number of benzene rings is 5. The van der Waals surface area contributed by atoms with Crippen molar-refractivity contribution >= 4 is 73.5 Å². The molecule has 1 aromatic heterocycles. The number of aryl methyl sites for hydroxylation is 1. The van der Waals surface area contributed by atoms with E-state index >= 15 is 0 Å². The molecule has 0 radical (unpaired) electrons. The van der Waals surface area contributed by atoms with Crippen molar-refractivity contribution in [1.29, 1.82) is 0 Å². The minimum Gasteiger partial charge on any atom is -0.456 e. The van der Waals surface area contributed by atoms with Crippen molar-refractivity contribution in [2.75, 3.05) is 9.80 Å². The number of rotatable bonds is 1. The molecule has 0 bridgehead atoms. The molecule has 2 atom stereocenters. The van der Waals surface area contributed by atoms with Crippen LogP contribution < -0.4 is 26.2 Å². The number of furan rings is 1. The number of hydrogen-bond acceptors (Lipinski definition) is 3. The maximum atomic E-state index is 6.66. The lowest BCUT2D eigenvalue weighted by Gasteiger charge is -2.52. The minimum absolute atomic E-state index is 0.00642. The fourth-order valence-electron chi connectivity index (χ4n) is 10.5. The van der Waals surface area contributed by atoms with E-state index in [0.29, 0.717) is 0 Å². The van der Waals surface area contributed by atoms with E-state index < -0.39 is 0 Å². The van der Waals surface area contributed by atoms with Crippen molar-refractivity contribution in [3.05, 3.63) is 107 Å². The van der Waals surface area contributed by atoms with Gasteiger partial charge in [-0.25, -0.2) is 0 Å². The topological polar surface area (TPSA) is 19.6 Å². The molecule has 1 saturated carbocycles. The normalized spacial score (nSPS) is 21.9. The molecule has 4 heteroatoms. The fraction of sp³-hybridized carbons (Fsp3) is 0.362. The number of hydrogen-bond donors (Lipinski definition) is 0. The van der Waals surface area contributed by atoms with Crippen LogP contribution in [0.5, 0.6) is 0 Å². The molecule has 4 aliphatic rings. The highest BCUT2D eigenvalue weighted by molar-refractivity contribution is 7.00. The molecular formula is C47H49BN2O. The predicted molar refractivity (Wildman–Crippen MR) is 218 cm³/mol. The van der Waals surface area contributed by atoms with E-state index in [9.17, 15) is 0 Å². The van der Waals surface area contributed by atoms with Gasteiger partial charge in [0, 0.05) is 44.6 Å². The van der Waals surface area contributed by atoms with Crippen molar-refractivity contribution in [2.45, 2.75) is 110 Å². The minimum atomic E-state index is -0.00642. The standard InChI is InChI=1S/C47H49BN2O/c1-28-22-38-42-39(23-28)50-43-34(46(8)20-12-13-21-47(46,50)9)24-30(45(5,6)7)25-36(43)48(42)35-27-41-33(32-14-10-11-15-40(32)51-41)26-37(35)49(38)31-18-16-29(17-19-31)44(2,3)4/h10-11,14-19,22-27H,12-13,20-21H2,1-9H3. The van der Waals surface area contributed by atoms with Crippen LogP contribution in [0.3, 0.4) is 0 Å². The Morgan fingerprint density at radius 1 is 0.667 bits per heavy atom. The van der Waals surface area contributed by atoms with E-state index in [1.165, 1.54) is 98.0 Å². The van der Waals surface area contributed by atoms with Crippen molar-refractivity contribution in [1.82, 2.24) is 0 Å². The summed E-state index contributed by atoms with van der Waals surface area (Å²) in [6.07, 6.45) is 4.98. The van der Waals surface area contributed by atoms with Crippen LogP contribution in [0.2, 0.25) is 0 Å². The van der Waals surface area contributed by atoms with Gasteiger partial charge in [-0.1, -0.05) is 104 Å². The molecular weight excluding hydrogens is 619 g/mol. The maximum absolute atomic E-state index is 6.66. The highest BCUT2D eigenvalue weighted by atomic mass is 16.3. The van der Waals surface area contributed by atoms with Gasteiger partial charge in [-0.3, -0.25) is 0 Å². The molecule has 0 N–H and O–H groups in total. The van der Waals surface area contributed by atoms with Gasteiger partial charge in [0.2, 0.25) is 0 Å². The zero-order valence-corrected chi connectivity index (χ0v) is 31.8. The van der Waals surface area contributed by atoms with Gasteiger partial charge in [0.05, 0.1) is 5.54 Å². The van der Waals surface area contributed by atoms with Gasteiger partial charge in [0.15, 0.2) is 0 Å². The van der Waals surface area contributed by atoms with Crippen LogP contribution in [0.1, 0.15) is 103 Å². The Morgan fingerprint density at radius 3 is 2.12 bits per heavy atom. The Labute approximate surface area is 303 Å². The molecule has 4 heterocycles. The van der Waals surface area contributed by atoms with Gasteiger partial charge in [0.25, 0.3) is 6.71 Å². The third-order valence-corrected chi connectivity index (χ3v) is 13.5. The van der Waals surface area contributed by atoms with Gasteiger partial charge in [0.1, 0.15) is 11.2 Å². The lowest BCUT2D eigenvalue weighted by molar-refractivity contribution is 0.195. The van der Waals surface area contributed by atoms with E-state index in [4.69, 9.17) is 4.42 Å². The Kier molecular flexibility index (Phi) is 6.08. The second-order valence-electron chi connectivity index (χ2n) is 18.6. The Balaban J connectivity index is 1.35. The molecule has 0 spiro atoms. The smallest absolute Gasteiger partial charge is 0.252 e. The van der Waals surface area contributed by atoms with Crippen molar-refractivity contribution in [3.8, 4) is 0 Å². The molecule has 3 nitrogen and oxygen atoms in total. The summed E-state index contributed by atoms with van der Waals surface area (Å²) >= 11 is 0. The summed E-state index contributed by atoms with van der Waals surface area (Å²) in [7, 11) is 0. The molecule has 5 aromatic carbocycles. The quantitative estimate of drug-likeness (QED) is 0.162. The second kappa shape index (κ2) is 9.91. The van der Waals surface area contributed by atoms with Gasteiger partial charge in [-0.15, -0.1) is 0 Å². The largest absolute Gasteiger partial charge is 0.456 e. The molecule has 3 aliphatic heterocycles. The monoisotopic (exact) mass is 668 g/mol. The molecule has 0 saturated heterocycles. The summed E-state index contributed by atoms with van der Waals surface area (Å²) < 4.78 is 6.66. The third kappa shape index (κ3) is 4.03. The SMILES string of the molecule is Cc1cc2c3c(c1)N1c4c(cc(C(C)(C)C)cc4C4(C)CCCCC14C)B3c1cc3oc4ccccc4c3cc1N2c1ccc(C(C)(C)C)cc1. The number of fused-ring (bicyclic) bond motifs is 10. The first-order chi connectivity index (χ1) is 24.2. The van der Waals surface area contributed by atoms with Crippen molar-refractivity contribution < 1.29 is 4.42 Å². The zero-order valence-electron chi connectivity index (χ0n) is 31.8. The summed E-state index contributed by atoms with van der Waals surface area (Å²) in [6.45, 7) is 21.6. The molecule has 0 amide bonds. The molecule has 51 heavy (non-hydrogen) atoms. The van der Waals surface area contributed by atoms with Crippen molar-refractivity contribution in [2.24, 2.45) is 0 Å². The van der Waals surface area contributed by atoms with Gasteiger partial charge < -0.3 is 14.2 Å². The fourth-order valence-corrected chi connectivity index (χ4v) is 10.5. The van der Waals surface area contributed by atoms with E-state index in [1.54, 1.807) is 5.56 Å². The summed E-state index contributed by atoms with van der Waals surface area (Å²) in [5.41, 5.74) is 18.6. The first kappa shape index (κ1) is 31.3. The highest BCUT2D eigenvalue weighted by Gasteiger charge is 2.61. The second-order valence-corrected chi connectivity index (χ2v) is 18.6. The van der Waals surface area contributed by atoms with Crippen LogP contribution in [0.4, 0.5) is 28.4 Å². The molecule has 1 aliphatic carbocycles. The highest BCUT2D eigenvalue weighted by Crippen LogP contribution is 2.62. The van der Waals surface area contributed by atoms with E-state index in [-0.39, 0.29) is 28.5 Å². The van der Waals surface area contributed by atoms with Crippen LogP contribution in [0.15, 0.2) is 89.3 Å². The molecule has 2 unspecified atom stereocenters. The average Bonchev–Trinajstić information content (AvgIpc) is 3.54. The van der Waals surface area contributed by atoms with Crippen LogP contribution >= 0.6 is 0 Å². The third-order valence-electron chi connectivity index (χ3n) is 13.5.